The monoisotopic (exact) mass is 262 g/mol. The highest BCUT2D eigenvalue weighted by molar-refractivity contribution is 5.22. The van der Waals surface area contributed by atoms with Gasteiger partial charge in [0.05, 0.1) is 13.2 Å². The van der Waals surface area contributed by atoms with E-state index in [1.165, 1.54) is 5.56 Å². The van der Waals surface area contributed by atoms with Crippen molar-refractivity contribution in [2.75, 3.05) is 27.3 Å². The van der Waals surface area contributed by atoms with E-state index in [-0.39, 0.29) is 11.3 Å². The zero-order valence-electron chi connectivity index (χ0n) is 11.8. The molecule has 4 heteroatoms. The molecule has 1 aromatic heterocycles. The van der Waals surface area contributed by atoms with Crippen LogP contribution in [0.3, 0.4) is 0 Å². The molecule has 2 heterocycles. The van der Waals surface area contributed by atoms with Crippen LogP contribution in [0.5, 0.6) is 0 Å². The molecule has 1 aliphatic heterocycles. The van der Waals surface area contributed by atoms with Crippen molar-refractivity contribution in [2.24, 2.45) is 0 Å². The third-order valence-corrected chi connectivity index (χ3v) is 4.71. The summed E-state index contributed by atoms with van der Waals surface area (Å²) in [6.45, 7) is 1.48. The second-order valence-electron chi connectivity index (χ2n) is 5.78. The Morgan fingerprint density at radius 1 is 1.11 bits per heavy atom. The zero-order valence-corrected chi connectivity index (χ0v) is 11.8. The van der Waals surface area contributed by atoms with Gasteiger partial charge in [0.2, 0.25) is 0 Å². The summed E-state index contributed by atoms with van der Waals surface area (Å²) in [4.78, 5) is 6.61. The van der Waals surface area contributed by atoms with Gasteiger partial charge in [0.15, 0.2) is 5.79 Å². The van der Waals surface area contributed by atoms with Crippen LogP contribution in [0.1, 0.15) is 31.2 Å². The van der Waals surface area contributed by atoms with Crippen molar-refractivity contribution in [3.8, 4) is 0 Å². The number of rotatable bonds is 2. The molecule has 0 aromatic carbocycles. The van der Waals surface area contributed by atoms with Crippen LogP contribution in [-0.4, -0.2) is 43.0 Å². The van der Waals surface area contributed by atoms with Gasteiger partial charge in [-0.1, -0.05) is 6.07 Å². The fourth-order valence-corrected chi connectivity index (χ4v) is 3.46. The van der Waals surface area contributed by atoms with E-state index in [4.69, 9.17) is 9.47 Å². The molecule has 3 rings (SSSR count). The SMILES string of the molecule is CN(C)C1(c2cccnc2)CCC2(CC1)OCCO2. The Hall–Kier alpha value is -0.970. The summed E-state index contributed by atoms with van der Waals surface area (Å²) >= 11 is 0. The average Bonchev–Trinajstić information content (AvgIpc) is 2.89. The van der Waals surface area contributed by atoms with Crippen LogP contribution < -0.4 is 0 Å². The second kappa shape index (κ2) is 4.85. The summed E-state index contributed by atoms with van der Waals surface area (Å²) < 4.78 is 11.7. The van der Waals surface area contributed by atoms with E-state index in [9.17, 15) is 0 Å². The fourth-order valence-electron chi connectivity index (χ4n) is 3.46. The molecule has 0 amide bonds. The van der Waals surface area contributed by atoms with E-state index in [1.807, 2.05) is 18.5 Å². The summed E-state index contributed by atoms with van der Waals surface area (Å²) in [6, 6.07) is 4.20. The van der Waals surface area contributed by atoms with Crippen molar-refractivity contribution in [3.05, 3.63) is 30.1 Å². The Balaban J connectivity index is 1.85. The largest absolute Gasteiger partial charge is 0.348 e. The number of hydrogen-bond acceptors (Lipinski definition) is 4. The molecule has 104 valence electrons. The molecular formula is C15H22N2O2. The van der Waals surface area contributed by atoms with Crippen molar-refractivity contribution in [3.63, 3.8) is 0 Å². The van der Waals surface area contributed by atoms with Crippen molar-refractivity contribution in [2.45, 2.75) is 37.0 Å². The number of aromatic nitrogens is 1. The third kappa shape index (κ3) is 2.18. The van der Waals surface area contributed by atoms with Gasteiger partial charge in [0.1, 0.15) is 0 Å². The minimum atomic E-state index is -0.304. The van der Waals surface area contributed by atoms with Crippen molar-refractivity contribution >= 4 is 0 Å². The van der Waals surface area contributed by atoms with Gasteiger partial charge in [-0.3, -0.25) is 9.88 Å². The van der Waals surface area contributed by atoms with Gasteiger partial charge in [0.25, 0.3) is 0 Å². The molecule has 1 spiro atoms. The summed E-state index contributed by atoms with van der Waals surface area (Å²) in [5, 5.41) is 0. The van der Waals surface area contributed by atoms with Crippen LogP contribution in [0.25, 0.3) is 0 Å². The quantitative estimate of drug-likeness (QED) is 0.818. The molecule has 2 fully saturated rings. The van der Waals surface area contributed by atoms with Crippen LogP contribution in [0.4, 0.5) is 0 Å². The van der Waals surface area contributed by atoms with E-state index >= 15 is 0 Å². The molecule has 1 saturated heterocycles. The normalized spacial score (nSPS) is 25.0. The summed E-state index contributed by atoms with van der Waals surface area (Å²) in [6.07, 6.45) is 7.84. The molecule has 1 aliphatic carbocycles. The molecule has 0 radical (unpaired) electrons. The smallest absolute Gasteiger partial charge is 0.168 e. The standard InChI is InChI=1S/C15H22N2O2/c1-17(2)14(13-4-3-9-16-12-13)5-7-15(8-6-14)18-10-11-19-15/h3-4,9,12H,5-8,10-11H2,1-2H3. The summed E-state index contributed by atoms with van der Waals surface area (Å²) in [5.41, 5.74) is 1.36. The maximum atomic E-state index is 5.83. The second-order valence-corrected chi connectivity index (χ2v) is 5.78. The van der Waals surface area contributed by atoms with Gasteiger partial charge in [-0.15, -0.1) is 0 Å². The van der Waals surface area contributed by atoms with E-state index in [0.29, 0.717) is 0 Å². The fraction of sp³-hybridized carbons (Fsp3) is 0.667. The lowest BCUT2D eigenvalue weighted by Gasteiger charge is -2.47. The van der Waals surface area contributed by atoms with Crippen LogP contribution in [-0.2, 0) is 15.0 Å². The molecule has 1 aromatic rings. The van der Waals surface area contributed by atoms with Crippen LogP contribution in [0.15, 0.2) is 24.5 Å². The topological polar surface area (TPSA) is 34.6 Å². The predicted molar refractivity (Wildman–Crippen MR) is 72.7 cm³/mol. The van der Waals surface area contributed by atoms with E-state index in [0.717, 1.165) is 38.9 Å². The molecule has 19 heavy (non-hydrogen) atoms. The molecule has 2 aliphatic rings. The van der Waals surface area contributed by atoms with Gasteiger partial charge in [-0.25, -0.2) is 0 Å². The van der Waals surface area contributed by atoms with Crippen LogP contribution in [0, 0.1) is 0 Å². The number of hydrogen-bond donors (Lipinski definition) is 0. The average molecular weight is 262 g/mol. The molecule has 1 saturated carbocycles. The van der Waals surface area contributed by atoms with E-state index < -0.39 is 0 Å². The first-order chi connectivity index (χ1) is 9.17. The zero-order chi connectivity index (χ0) is 13.3. The first-order valence-electron chi connectivity index (χ1n) is 7.03. The van der Waals surface area contributed by atoms with Gasteiger partial charge in [0, 0.05) is 30.8 Å². The maximum absolute atomic E-state index is 5.83. The third-order valence-electron chi connectivity index (χ3n) is 4.71. The summed E-state index contributed by atoms with van der Waals surface area (Å²) in [5.74, 6) is -0.304. The minimum absolute atomic E-state index is 0.0643. The first kappa shape index (κ1) is 13.0. The Kier molecular flexibility index (Phi) is 3.33. The van der Waals surface area contributed by atoms with Gasteiger partial charge >= 0.3 is 0 Å². The lowest BCUT2D eigenvalue weighted by Crippen LogP contribution is -2.49. The van der Waals surface area contributed by atoms with Crippen molar-refractivity contribution in [1.82, 2.24) is 9.88 Å². The Bertz CT molecular complexity index is 417. The minimum Gasteiger partial charge on any atom is -0.348 e. The van der Waals surface area contributed by atoms with Crippen LogP contribution >= 0.6 is 0 Å². The summed E-state index contributed by atoms with van der Waals surface area (Å²) in [7, 11) is 4.31. The lowest BCUT2D eigenvalue weighted by atomic mass is 9.74. The molecule has 0 bridgehead atoms. The van der Waals surface area contributed by atoms with Gasteiger partial charge < -0.3 is 9.47 Å². The molecular weight excluding hydrogens is 240 g/mol. The Morgan fingerprint density at radius 3 is 2.32 bits per heavy atom. The molecule has 0 N–H and O–H groups in total. The van der Waals surface area contributed by atoms with E-state index in [2.05, 4.69) is 30.0 Å². The van der Waals surface area contributed by atoms with Crippen molar-refractivity contribution in [1.29, 1.82) is 0 Å². The highest BCUT2D eigenvalue weighted by Crippen LogP contribution is 2.47. The Morgan fingerprint density at radius 2 is 1.79 bits per heavy atom. The maximum Gasteiger partial charge on any atom is 0.168 e. The number of nitrogens with zero attached hydrogens (tertiary/aromatic N) is 2. The highest BCUT2D eigenvalue weighted by Gasteiger charge is 2.48. The van der Waals surface area contributed by atoms with Gasteiger partial charge in [-0.05, 0) is 38.6 Å². The lowest BCUT2D eigenvalue weighted by molar-refractivity contribution is -0.193. The van der Waals surface area contributed by atoms with E-state index in [1.54, 1.807) is 0 Å². The van der Waals surface area contributed by atoms with Crippen molar-refractivity contribution < 1.29 is 9.47 Å². The first-order valence-corrected chi connectivity index (χ1v) is 7.03. The molecule has 0 atom stereocenters. The van der Waals surface area contributed by atoms with Gasteiger partial charge in [-0.2, -0.15) is 0 Å². The number of ether oxygens (including phenoxy) is 2. The highest BCUT2D eigenvalue weighted by atomic mass is 16.7. The molecule has 4 nitrogen and oxygen atoms in total. The molecule has 0 unspecified atom stereocenters. The number of pyridine rings is 1. The Labute approximate surface area is 114 Å². The predicted octanol–water partition coefficient (Wildman–Crippen LogP) is 2.16. The van der Waals surface area contributed by atoms with Crippen LogP contribution in [0.2, 0.25) is 0 Å².